The summed E-state index contributed by atoms with van der Waals surface area (Å²) in [7, 11) is 1.79. The topological polar surface area (TPSA) is 21.3 Å². The molecule has 2 nitrogen and oxygen atoms in total. The Bertz CT molecular complexity index is 177. The fourth-order valence-electron chi connectivity index (χ4n) is 2.42. The Morgan fingerprint density at radius 2 is 2.19 bits per heavy atom. The van der Waals surface area contributed by atoms with Crippen LogP contribution in [0.3, 0.4) is 0 Å². The van der Waals surface area contributed by atoms with Crippen molar-refractivity contribution in [1.29, 1.82) is 0 Å². The van der Waals surface area contributed by atoms with E-state index >= 15 is 0 Å². The number of thioether (sulfide) groups is 1. The fourth-order valence-corrected chi connectivity index (χ4v) is 3.80. The van der Waals surface area contributed by atoms with Crippen LogP contribution < -0.4 is 5.32 Å². The minimum Gasteiger partial charge on any atom is -0.385 e. The summed E-state index contributed by atoms with van der Waals surface area (Å²) in [6.07, 6.45) is 5.19. The van der Waals surface area contributed by atoms with Gasteiger partial charge in [-0.15, -0.1) is 0 Å². The molecule has 16 heavy (non-hydrogen) atoms. The van der Waals surface area contributed by atoms with Crippen LogP contribution in [0.5, 0.6) is 0 Å². The molecule has 0 aromatic heterocycles. The second kappa shape index (κ2) is 8.37. The van der Waals surface area contributed by atoms with Crippen LogP contribution in [-0.4, -0.2) is 37.3 Å². The third kappa shape index (κ3) is 4.64. The van der Waals surface area contributed by atoms with Crippen LogP contribution in [0.2, 0.25) is 0 Å². The molecule has 0 aliphatic heterocycles. The van der Waals surface area contributed by atoms with E-state index in [4.69, 9.17) is 4.74 Å². The largest absolute Gasteiger partial charge is 0.385 e. The molecule has 0 heterocycles. The lowest BCUT2D eigenvalue weighted by atomic mass is 10.1. The maximum atomic E-state index is 5.08. The van der Waals surface area contributed by atoms with Gasteiger partial charge in [-0.05, 0) is 43.9 Å². The van der Waals surface area contributed by atoms with Crippen LogP contribution in [0.15, 0.2) is 0 Å². The highest BCUT2D eigenvalue weighted by Gasteiger charge is 2.32. The van der Waals surface area contributed by atoms with Crippen molar-refractivity contribution in [2.45, 2.75) is 50.8 Å². The van der Waals surface area contributed by atoms with Crippen LogP contribution in [0.25, 0.3) is 0 Å². The molecule has 1 fully saturated rings. The smallest absolute Gasteiger partial charge is 0.0470 e. The zero-order chi connectivity index (χ0) is 11.8. The van der Waals surface area contributed by atoms with Gasteiger partial charge in [-0.3, -0.25) is 0 Å². The van der Waals surface area contributed by atoms with Crippen molar-refractivity contribution < 1.29 is 4.74 Å². The second-order valence-electron chi connectivity index (χ2n) is 4.75. The molecule has 1 aliphatic rings. The molecule has 0 saturated heterocycles. The summed E-state index contributed by atoms with van der Waals surface area (Å²) in [6.45, 7) is 6.74. The van der Waals surface area contributed by atoms with Crippen LogP contribution in [0, 0.1) is 5.92 Å². The number of hydrogen-bond acceptors (Lipinski definition) is 3. The van der Waals surface area contributed by atoms with E-state index in [1.807, 2.05) is 0 Å². The van der Waals surface area contributed by atoms with E-state index in [2.05, 4.69) is 30.9 Å². The molecule has 3 unspecified atom stereocenters. The van der Waals surface area contributed by atoms with Crippen LogP contribution in [0.4, 0.5) is 0 Å². The third-order valence-corrected chi connectivity index (χ3v) is 5.08. The van der Waals surface area contributed by atoms with Crippen LogP contribution in [0.1, 0.15) is 39.5 Å². The first-order valence-electron chi connectivity index (χ1n) is 6.63. The van der Waals surface area contributed by atoms with Gasteiger partial charge >= 0.3 is 0 Å². The molecule has 1 N–H and O–H groups in total. The van der Waals surface area contributed by atoms with E-state index in [9.17, 15) is 0 Å². The molecule has 3 heteroatoms. The highest BCUT2D eigenvalue weighted by atomic mass is 32.2. The van der Waals surface area contributed by atoms with E-state index in [1.165, 1.54) is 38.0 Å². The van der Waals surface area contributed by atoms with Crippen molar-refractivity contribution in [3.63, 3.8) is 0 Å². The zero-order valence-electron chi connectivity index (χ0n) is 11.0. The van der Waals surface area contributed by atoms with E-state index in [1.54, 1.807) is 7.11 Å². The van der Waals surface area contributed by atoms with Gasteiger partial charge in [0.25, 0.3) is 0 Å². The monoisotopic (exact) mass is 245 g/mol. The lowest BCUT2D eigenvalue weighted by molar-refractivity contribution is 0.200. The van der Waals surface area contributed by atoms with Gasteiger partial charge in [-0.25, -0.2) is 0 Å². The van der Waals surface area contributed by atoms with Gasteiger partial charge in [0.2, 0.25) is 0 Å². The summed E-state index contributed by atoms with van der Waals surface area (Å²) >= 11 is 2.15. The summed E-state index contributed by atoms with van der Waals surface area (Å²) in [4.78, 5) is 0. The summed E-state index contributed by atoms with van der Waals surface area (Å²) in [5.41, 5.74) is 0. The fraction of sp³-hybridized carbons (Fsp3) is 1.00. The lowest BCUT2D eigenvalue weighted by Gasteiger charge is -2.21. The molecule has 96 valence electrons. The lowest BCUT2D eigenvalue weighted by Crippen LogP contribution is -2.33. The van der Waals surface area contributed by atoms with E-state index in [0.717, 1.165) is 23.8 Å². The Labute approximate surface area is 105 Å². The number of hydrogen-bond donors (Lipinski definition) is 1. The Morgan fingerprint density at radius 1 is 1.38 bits per heavy atom. The quantitative estimate of drug-likeness (QED) is 0.664. The van der Waals surface area contributed by atoms with Gasteiger partial charge in [-0.2, -0.15) is 11.8 Å². The molecular weight excluding hydrogens is 218 g/mol. The van der Waals surface area contributed by atoms with Crippen molar-refractivity contribution in [2.75, 3.05) is 26.0 Å². The summed E-state index contributed by atoms with van der Waals surface area (Å²) in [5.74, 6) is 2.09. The molecule has 0 bridgehead atoms. The molecule has 1 aliphatic carbocycles. The number of rotatable bonds is 8. The first-order valence-corrected chi connectivity index (χ1v) is 7.68. The summed E-state index contributed by atoms with van der Waals surface area (Å²) in [5, 5.41) is 4.54. The Balaban J connectivity index is 2.14. The van der Waals surface area contributed by atoms with Crippen molar-refractivity contribution in [1.82, 2.24) is 5.32 Å². The molecule has 1 rings (SSSR count). The van der Waals surface area contributed by atoms with Gasteiger partial charge < -0.3 is 10.1 Å². The van der Waals surface area contributed by atoms with E-state index in [-0.39, 0.29) is 0 Å². The average Bonchev–Trinajstić information content (AvgIpc) is 2.64. The molecule has 0 amide bonds. The van der Waals surface area contributed by atoms with Gasteiger partial charge in [0.15, 0.2) is 0 Å². The van der Waals surface area contributed by atoms with Crippen molar-refractivity contribution in [3.8, 4) is 0 Å². The second-order valence-corrected chi connectivity index (χ2v) is 6.10. The highest BCUT2D eigenvalue weighted by Crippen LogP contribution is 2.35. The van der Waals surface area contributed by atoms with Crippen molar-refractivity contribution in [2.24, 2.45) is 5.92 Å². The first kappa shape index (κ1) is 14.3. The molecule has 0 aromatic carbocycles. The maximum absolute atomic E-state index is 5.08. The highest BCUT2D eigenvalue weighted by molar-refractivity contribution is 7.99. The van der Waals surface area contributed by atoms with Gasteiger partial charge in [0.1, 0.15) is 0 Å². The maximum Gasteiger partial charge on any atom is 0.0470 e. The molecular formula is C13H27NOS. The summed E-state index contributed by atoms with van der Waals surface area (Å²) in [6, 6.07) is 0.764. The number of nitrogens with one attached hydrogen (secondary N) is 1. The molecule has 0 radical (unpaired) electrons. The SMILES string of the molecule is CCCNC1CCC(SCCCOC)C1C. The first-order chi connectivity index (χ1) is 7.79. The van der Waals surface area contributed by atoms with E-state index in [0.29, 0.717) is 0 Å². The predicted octanol–water partition coefficient (Wildman–Crippen LogP) is 2.92. The minimum atomic E-state index is 0.764. The molecule has 3 atom stereocenters. The zero-order valence-corrected chi connectivity index (χ0v) is 11.8. The van der Waals surface area contributed by atoms with Crippen LogP contribution in [-0.2, 0) is 4.74 Å². The predicted molar refractivity (Wildman–Crippen MR) is 73.2 cm³/mol. The third-order valence-electron chi connectivity index (χ3n) is 3.46. The van der Waals surface area contributed by atoms with Gasteiger partial charge in [-0.1, -0.05) is 13.8 Å². The van der Waals surface area contributed by atoms with Crippen LogP contribution >= 0.6 is 11.8 Å². The standard InChI is InChI=1S/C13H27NOS/c1-4-8-14-12-6-7-13(11(12)2)16-10-5-9-15-3/h11-14H,4-10H2,1-3H3. The van der Waals surface area contributed by atoms with Gasteiger partial charge in [0.05, 0.1) is 0 Å². The molecule has 1 saturated carbocycles. The molecule has 0 aromatic rings. The van der Waals surface area contributed by atoms with Crippen molar-refractivity contribution in [3.05, 3.63) is 0 Å². The van der Waals surface area contributed by atoms with Crippen molar-refractivity contribution >= 4 is 11.8 Å². The number of ether oxygens (including phenoxy) is 1. The van der Waals surface area contributed by atoms with Gasteiger partial charge in [0, 0.05) is 25.0 Å². The summed E-state index contributed by atoms with van der Waals surface area (Å²) < 4.78 is 5.08. The average molecular weight is 245 g/mol. The Morgan fingerprint density at radius 3 is 2.88 bits per heavy atom. The number of methoxy groups -OCH3 is 1. The molecule has 0 spiro atoms. The Kier molecular flexibility index (Phi) is 7.50. The normalized spacial score (nSPS) is 29.8. The van der Waals surface area contributed by atoms with E-state index < -0.39 is 0 Å². The minimum absolute atomic E-state index is 0.764. The Hall–Kier alpha value is 0.270.